The zero-order chi connectivity index (χ0) is 20.5. The Labute approximate surface area is 165 Å². The summed E-state index contributed by atoms with van der Waals surface area (Å²) in [5.74, 6) is 0.156. The summed E-state index contributed by atoms with van der Waals surface area (Å²) in [6, 6.07) is 9.67. The first-order valence-electron chi connectivity index (χ1n) is 9.15. The minimum Gasteiger partial charge on any atom is -0.468 e. The summed E-state index contributed by atoms with van der Waals surface area (Å²) < 4.78 is 5.30. The van der Waals surface area contributed by atoms with E-state index < -0.39 is 0 Å². The van der Waals surface area contributed by atoms with Crippen LogP contribution < -0.4 is 10.6 Å². The maximum Gasteiger partial charge on any atom is 0.243 e. The number of furan rings is 1. The Morgan fingerprint density at radius 1 is 1.18 bits per heavy atom. The molecule has 0 fully saturated rings. The van der Waals surface area contributed by atoms with Crippen LogP contribution in [-0.2, 0) is 16.1 Å². The topological polar surface area (TPSA) is 98.4 Å². The fourth-order valence-electron chi connectivity index (χ4n) is 3.04. The number of amides is 2. The number of benzene rings is 1. The molecule has 0 saturated heterocycles. The number of anilines is 1. The fraction of sp³-hybridized carbons (Fsp3) is 0.381. The molecule has 7 nitrogen and oxygen atoms in total. The van der Waals surface area contributed by atoms with Crippen molar-refractivity contribution in [3.8, 4) is 6.07 Å². The van der Waals surface area contributed by atoms with Gasteiger partial charge in [-0.05, 0) is 44.0 Å². The lowest BCUT2D eigenvalue weighted by atomic mass is 10.1. The second-order valence-corrected chi connectivity index (χ2v) is 6.80. The summed E-state index contributed by atoms with van der Waals surface area (Å²) in [4.78, 5) is 26.3. The summed E-state index contributed by atoms with van der Waals surface area (Å²) in [7, 11) is 0. The van der Waals surface area contributed by atoms with E-state index in [4.69, 9.17) is 9.68 Å². The second kappa shape index (κ2) is 10.3. The Kier molecular flexibility index (Phi) is 7.78. The summed E-state index contributed by atoms with van der Waals surface area (Å²) in [6.07, 6.45) is 1.87. The molecule has 1 aromatic carbocycles. The van der Waals surface area contributed by atoms with Gasteiger partial charge < -0.3 is 15.1 Å². The molecule has 0 aliphatic heterocycles. The molecular weight excluding hydrogens is 356 g/mol. The van der Waals surface area contributed by atoms with Gasteiger partial charge in [-0.15, -0.1) is 0 Å². The highest BCUT2D eigenvalue weighted by Gasteiger charge is 2.14. The molecule has 0 radical (unpaired) electrons. The molecule has 0 saturated carbocycles. The first-order chi connectivity index (χ1) is 13.4. The van der Waals surface area contributed by atoms with Crippen LogP contribution in [0.5, 0.6) is 0 Å². The number of nitriles is 1. The van der Waals surface area contributed by atoms with Crippen LogP contribution in [0.2, 0.25) is 0 Å². The number of nitrogens with one attached hydrogen (secondary N) is 2. The minimum atomic E-state index is -0.281. The van der Waals surface area contributed by atoms with Crippen molar-refractivity contribution in [1.82, 2.24) is 10.2 Å². The molecule has 2 rings (SSSR count). The Bertz CT molecular complexity index is 830. The number of carbonyl (C=O) groups is 2. The van der Waals surface area contributed by atoms with Crippen molar-refractivity contribution in [3.63, 3.8) is 0 Å². The average molecular weight is 382 g/mol. The van der Waals surface area contributed by atoms with Gasteiger partial charge in [0.1, 0.15) is 5.76 Å². The Morgan fingerprint density at radius 3 is 2.50 bits per heavy atom. The molecular formula is C21H26N4O3. The summed E-state index contributed by atoms with van der Waals surface area (Å²) in [5.41, 5.74) is 3.88. The van der Waals surface area contributed by atoms with Crippen molar-refractivity contribution in [2.75, 3.05) is 25.0 Å². The SMILES string of the molecule is Cc1cc(C)c(NC(=O)CNC(=O)CN(CCC#N)Cc2ccco2)c(C)c1. The third-order valence-corrected chi connectivity index (χ3v) is 4.25. The molecule has 28 heavy (non-hydrogen) atoms. The van der Waals surface area contributed by atoms with E-state index in [2.05, 4.69) is 16.7 Å². The number of rotatable bonds is 9. The quantitative estimate of drug-likeness (QED) is 0.695. The van der Waals surface area contributed by atoms with Gasteiger partial charge in [-0.3, -0.25) is 14.5 Å². The standard InChI is InChI=1S/C21H26N4O3/c1-15-10-16(2)21(17(3)11-15)24-19(26)12-23-20(27)14-25(8-5-7-22)13-18-6-4-9-28-18/h4,6,9-11H,5,8,12-14H2,1-3H3,(H,23,27)(H,24,26). The monoisotopic (exact) mass is 382 g/mol. The van der Waals surface area contributed by atoms with E-state index in [0.29, 0.717) is 25.3 Å². The van der Waals surface area contributed by atoms with Crippen LogP contribution in [0.3, 0.4) is 0 Å². The average Bonchev–Trinajstić information content (AvgIpc) is 3.14. The first kappa shape index (κ1) is 21.2. The van der Waals surface area contributed by atoms with Gasteiger partial charge in [0.25, 0.3) is 0 Å². The normalized spacial score (nSPS) is 10.5. The number of hydrogen-bond acceptors (Lipinski definition) is 5. The molecule has 0 aliphatic rings. The van der Waals surface area contributed by atoms with Crippen molar-refractivity contribution in [1.29, 1.82) is 5.26 Å². The van der Waals surface area contributed by atoms with Gasteiger partial charge in [0.05, 0.1) is 32.0 Å². The number of carbonyl (C=O) groups excluding carboxylic acids is 2. The summed E-state index contributed by atoms with van der Waals surface area (Å²) in [5, 5.41) is 14.3. The van der Waals surface area contributed by atoms with Crippen LogP contribution in [0.25, 0.3) is 0 Å². The van der Waals surface area contributed by atoms with Gasteiger partial charge in [-0.25, -0.2) is 0 Å². The molecule has 0 spiro atoms. The molecule has 1 heterocycles. The summed E-state index contributed by atoms with van der Waals surface area (Å²) in [6.45, 7) is 6.73. The van der Waals surface area contributed by atoms with E-state index >= 15 is 0 Å². The smallest absolute Gasteiger partial charge is 0.243 e. The van der Waals surface area contributed by atoms with E-state index in [1.165, 1.54) is 0 Å². The predicted molar refractivity (Wildman–Crippen MR) is 107 cm³/mol. The zero-order valence-corrected chi connectivity index (χ0v) is 16.5. The van der Waals surface area contributed by atoms with Crippen LogP contribution in [0.1, 0.15) is 28.9 Å². The van der Waals surface area contributed by atoms with Crippen LogP contribution in [0, 0.1) is 32.1 Å². The number of hydrogen-bond donors (Lipinski definition) is 2. The molecule has 148 valence electrons. The van der Waals surface area contributed by atoms with Gasteiger partial charge in [-0.2, -0.15) is 5.26 Å². The van der Waals surface area contributed by atoms with E-state index in [1.54, 1.807) is 12.3 Å². The van der Waals surface area contributed by atoms with Crippen molar-refractivity contribution in [2.45, 2.75) is 33.7 Å². The molecule has 2 amide bonds. The lowest BCUT2D eigenvalue weighted by Crippen LogP contribution is -2.40. The van der Waals surface area contributed by atoms with E-state index in [-0.39, 0.29) is 24.9 Å². The molecule has 0 bridgehead atoms. The van der Waals surface area contributed by atoms with Crippen molar-refractivity contribution >= 4 is 17.5 Å². The molecule has 2 N–H and O–H groups in total. The predicted octanol–water partition coefficient (Wildman–Crippen LogP) is 2.68. The fourth-order valence-corrected chi connectivity index (χ4v) is 3.04. The Morgan fingerprint density at radius 2 is 1.89 bits per heavy atom. The van der Waals surface area contributed by atoms with E-state index in [0.717, 1.165) is 22.4 Å². The van der Waals surface area contributed by atoms with Crippen LogP contribution in [0.4, 0.5) is 5.69 Å². The van der Waals surface area contributed by atoms with Crippen LogP contribution in [0.15, 0.2) is 34.9 Å². The minimum absolute atomic E-state index is 0.0816. The highest BCUT2D eigenvalue weighted by Crippen LogP contribution is 2.21. The van der Waals surface area contributed by atoms with Crippen molar-refractivity contribution < 1.29 is 14.0 Å². The largest absolute Gasteiger partial charge is 0.468 e. The molecule has 2 aromatic rings. The summed E-state index contributed by atoms with van der Waals surface area (Å²) >= 11 is 0. The van der Waals surface area contributed by atoms with E-state index in [9.17, 15) is 9.59 Å². The van der Waals surface area contributed by atoms with Gasteiger partial charge in [0, 0.05) is 18.7 Å². The second-order valence-electron chi connectivity index (χ2n) is 6.80. The lowest BCUT2D eigenvalue weighted by Gasteiger charge is -2.19. The highest BCUT2D eigenvalue weighted by molar-refractivity contribution is 5.96. The third kappa shape index (κ3) is 6.56. The van der Waals surface area contributed by atoms with Gasteiger partial charge in [-0.1, -0.05) is 17.7 Å². The Hall–Kier alpha value is -3.11. The number of aryl methyl sites for hydroxylation is 3. The van der Waals surface area contributed by atoms with Gasteiger partial charge in [0.2, 0.25) is 11.8 Å². The lowest BCUT2D eigenvalue weighted by molar-refractivity contribution is -0.125. The maximum atomic E-state index is 12.2. The van der Waals surface area contributed by atoms with Gasteiger partial charge >= 0.3 is 0 Å². The Balaban J connectivity index is 1.86. The maximum absolute atomic E-state index is 12.2. The van der Waals surface area contributed by atoms with Crippen molar-refractivity contribution in [2.24, 2.45) is 0 Å². The van der Waals surface area contributed by atoms with Crippen LogP contribution >= 0.6 is 0 Å². The van der Waals surface area contributed by atoms with Gasteiger partial charge in [0.15, 0.2) is 0 Å². The molecule has 0 atom stereocenters. The first-order valence-corrected chi connectivity index (χ1v) is 9.15. The zero-order valence-electron chi connectivity index (χ0n) is 16.5. The molecule has 7 heteroatoms. The van der Waals surface area contributed by atoms with E-state index in [1.807, 2.05) is 43.9 Å². The highest BCUT2D eigenvalue weighted by atomic mass is 16.3. The molecule has 1 aromatic heterocycles. The van der Waals surface area contributed by atoms with Crippen molar-refractivity contribution in [3.05, 3.63) is 53.0 Å². The number of nitrogens with zero attached hydrogens (tertiary/aromatic N) is 2. The third-order valence-electron chi connectivity index (χ3n) is 4.25. The molecule has 0 unspecified atom stereocenters. The van der Waals surface area contributed by atoms with Crippen LogP contribution in [-0.4, -0.2) is 36.3 Å². The molecule has 0 aliphatic carbocycles.